The Labute approximate surface area is 86.3 Å². The molecule has 0 bridgehead atoms. The third-order valence-corrected chi connectivity index (χ3v) is 2.44. The van der Waals surface area contributed by atoms with Crippen molar-refractivity contribution in [1.82, 2.24) is 0 Å². The summed E-state index contributed by atoms with van der Waals surface area (Å²) in [6, 6.07) is 0. The summed E-state index contributed by atoms with van der Waals surface area (Å²) in [5.41, 5.74) is 6.68. The molecule has 0 radical (unpaired) electrons. The summed E-state index contributed by atoms with van der Waals surface area (Å²) < 4.78 is 11.1. The van der Waals surface area contributed by atoms with Crippen molar-refractivity contribution >= 4 is 0 Å². The minimum absolute atomic E-state index is 0.254. The molecule has 0 aromatic heterocycles. The van der Waals surface area contributed by atoms with Crippen LogP contribution in [-0.4, -0.2) is 32.0 Å². The highest BCUT2D eigenvalue weighted by Gasteiger charge is 2.23. The Hall–Kier alpha value is -0.380. The molecule has 0 amide bonds. The van der Waals surface area contributed by atoms with E-state index in [0.717, 1.165) is 31.4 Å². The van der Waals surface area contributed by atoms with Crippen LogP contribution < -0.4 is 5.73 Å². The van der Waals surface area contributed by atoms with E-state index >= 15 is 0 Å². The van der Waals surface area contributed by atoms with Gasteiger partial charge in [0.05, 0.1) is 25.4 Å². The molecule has 2 N–H and O–H groups in total. The molecular formula is C11H21NO2. The molecule has 0 aromatic carbocycles. The largest absolute Gasteiger partial charge is 0.378 e. The predicted octanol–water partition coefficient (Wildman–Crippen LogP) is 1.48. The molecule has 0 aliphatic carbocycles. The van der Waals surface area contributed by atoms with Crippen LogP contribution in [0.4, 0.5) is 0 Å². The van der Waals surface area contributed by atoms with Crippen molar-refractivity contribution in [2.24, 2.45) is 5.73 Å². The summed E-state index contributed by atoms with van der Waals surface area (Å²) in [5, 5.41) is 0. The molecule has 2 atom stereocenters. The van der Waals surface area contributed by atoms with Gasteiger partial charge in [-0.15, -0.1) is 6.58 Å². The highest BCUT2D eigenvalue weighted by atomic mass is 16.5. The van der Waals surface area contributed by atoms with E-state index in [1.807, 2.05) is 6.92 Å². The highest BCUT2D eigenvalue weighted by molar-refractivity contribution is 4.87. The van der Waals surface area contributed by atoms with Crippen molar-refractivity contribution in [2.45, 2.75) is 38.4 Å². The Morgan fingerprint density at radius 1 is 1.50 bits per heavy atom. The molecule has 1 fully saturated rings. The van der Waals surface area contributed by atoms with Crippen LogP contribution in [-0.2, 0) is 9.47 Å². The van der Waals surface area contributed by atoms with Gasteiger partial charge in [0.15, 0.2) is 0 Å². The summed E-state index contributed by atoms with van der Waals surface area (Å²) >= 11 is 0. The molecule has 82 valence electrons. The maximum absolute atomic E-state index is 5.65. The molecule has 0 saturated carbocycles. The maximum atomic E-state index is 5.65. The standard InChI is InChI=1S/C11H21NO2/c1-9(2)5-6-13-8-11-4-3-10(7-12)14-11/h10-11H,1,3-8,12H2,2H3. The van der Waals surface area contributed by atoms with Gasteiger partial charge >= 0.3 is 0 Å². The van der Waals surface area contributed by atoms with Crippen molar-refractivity contribution < 1.29 is 9.47 Å². The van der Waals surface area contributed by atoms with Gasteiger partial charge in [0.2, 0.25) is 0 Å². The highest BCUT2D eigenvalue weighted by Crippen LogP contribution is 2.18. The lowest BCUT2D eigenvalue weighted by Gasteiger charge is -2.12. The normalized spacial score (nSPS) is 26.7. The second-order valence-corrected chi connectivity index (χ2v) is 3.98. The van der Waals surface area contributed by atoms with Crippen LogP contribution in [0.5, 0.6) is 0 Å². The van der Waals surface area contributed by atoms with E-state index in [4.69, 9.17) is 15.2 Å². The van der Waals surface area contributed by atoms with Crippen molar-refractivity contribution in [1.29, 1.82) is 0 Å². The van der Waals surface area contributed by atoms with Crippen LogP contribution >= 0.6 is 0 Å². The van der Waals surface area contributed by atoms with Gasteiger partial charge in [-0.05, 0) is 26.2 Å². The average Bonchev–Trinajstić information content (AvgIpc) is 2.60. The lowest BCUT2D eigenvalue weighted by atomic mass is 10.2. The zero-order chi connectivity index (χ0) is 10.4. The fraction of sp³-hybridized carbons (Fsp3) is 0.818. The molecule has 1 aliphatic heterocycles. The summed E-state index contributed by atoms with van der Waals surface area (Å²) in [5.74, 6) is 0. The summed E-state index contributed by atoms with van der Waals surface area (Å²) in [6.07, 6.45) is 3.60. The van der Waals surface area contributed by atoms with Gasteiger partial charge in [-0.3, -0.25) is 0 Å². The van der Waals surface area contributed by atoms with Crippen molar-refractivity contribution in [2.75, 3.05) is 19.8 Å². The van der Waals surface area contributed by atoms with E-state index < -0.39 is 0 Å². The fourth-order valence-electron chi connectivity index (χ4n) is 1.54. The molecule has 0 spiro atoms. The Kier molecular flexibility index (Phi) is 5.15. The van der Waals surface area contributed by atoms with Gasteiger partial charge in [-0.2, -0.15) is 0 Å². The molecule has 1 saturated heterocycles. The Morgan fingerprint density at radius 3 is 2.79 bits per heavy atom. The lowest BCUT2D eigenvalue weighted by molar-refractivity contribution is -0.0112. The third kappa shape index (κ3) is 4.22. The summed E-state index contributed by atoms with van der Waals surface area (Å²) in [7, 11) is 0. The van der Waals surface area contributed by atoms with E-state index in [0.29, 0.717) is 13.2 Å². The number of hydrogen-bond donors (Lipinski definition) is 1. The molecule has 14 heavy (non-hydrogen) atoms. The quantitative estimate of drug-likeness (QED) is 0.520. The Balaban J connectivity index is 2.00. The van der Waals surface area contributed by atoms with E-state index in [1.54, 1.807) is 0 Å². The lowest BCUT2D eigenvalue weighted by Crippen LogP contribution is -2.22. The van der Waals surface area contributed by atoms with E-state index in [2.05, 4.69) is 6.58 Å². The van der Waals surface area contributed by atoms with Crippen LogP contribution in [0, 0.1) is 0 Å². The van der Waals surface area contributed by atoms with Gasteiger partial charge in [0.25, 0.3) is 0 Å². The molecule has 3 heteroatoms. The van der Waals surface area contributed by atoms with Crippen LogP contribution in [0.3, 0.4) is 0 Å². The minimum atomic E-state index is 0.254. The minimum Gasteiger partial charge on any atom is -0.378 e. The zero-order valence-electron chi connectivity index (χ0n) is 9.00. The second kappa shape index (κ2) is 6.17. The van der Waals surface area contributed by atoms with Crippen LogP contribution in [0.1, 0.15) is 26.2 Å². The van der Waals surface area contributed by atoms with Gasteiger partial charge < -0.3 is 15.2 Å². The van der Waals surface area contributed by atoms with Crippen molar-refractivity contribution in [3.8, 4) is 0 Å². The second-order valence-electron chi connectivity index (χ2n) is 3.98. The number of rotatable bonds is 6. The molecule has 1 rings (SSSR count). The monoisotopic (exact) mass is 199 g/mol. The first-order chi connectivity index (χ1) is 6.72. The Bertz CT molecular complexity index is 182. The van der Waals surface area contributed by atoms with E-state index in [-0.39, 0.29) is 12.2 Å². The number of nitrogens with two attached hydrogens (primary N) is 1. The van der Waals surface area contributed by atoms with E-state index in [1.165, 1.54) is 0 Å². The molecule has 0 aromatic rings. The molecule has 1 heterocycles. The first-order valence-electron chi connectivity index (χ1n) is 5.30. The molecule has 1 aliphatic rings. The van der Waals surface area contributed by atoms with Crippen molar-refractivity contribution in [3.05, 3.63) is 12.2 Å². The number of ether oxygens (including phenoxy) is 2. The molecule has 2 unspecified atom stereocenters. The van der Waals surface area contributed by atoms with Gasteiger partial charge in [0.1, 0.15) is 0 Å². The predicted molar refractivity (Wildman–Crippen MR) is 57.2 cm³/mol. The van der Waals surface area contributed by atoms with Gasteiger partial charge in [0, 0.05) is 6.54 Å². The smallest absolute Gasteiger partial charge is 0.0813 e. The topological polar surface area (TPSA) is 44.5 Å². The van der Waals surface area contributed by atoms with Gasteiger partial charge in [-0.25, -0.2) is 0 Å². The van der Waals surface area contributed by atoms with Gasteiger partial charge in [-0.1, -0.05) is 5.57 Å². The SMILES string of the molecule is C=C(C)CCOCC1CCC(CN)O1. The first-order valence-corrected chi connectivity index (χ1v) is 5.30. The molecule has 3 nitrogen and oxygen atoms in total. The van der Waals surface area contributed by atoms with E-state index in [9.17, 15) is 0 Å². The zero-order valence-corrected chi connectivity index (χ0v) is 9.00. The summed E-state index contributed by atoms with van der Waals surface area (Å²) in [4.78, 5) is 0. The maximum Gasteiger partial charge on any atom is 0.0813 e. The average molecular weight is 199 g/mol. The fourth-order valence-corrected chi connectivity index (χ4v) is 1.54. The third-order valence-electron chi connectivity index (χ3n) is 2.44. The van der Waals surface area contributed by atoms with Crippen LogP contribution in [0.15, 0.2) is 12.2 Å². The summed E-state index contributed by atoms with van der Waals surface area (Å²) in [6.45, 7) is 7.91. The Morgan fingerprint density at radius 2 is 2.21 bits per heavy atom. The van der Waals surface area contributed by atoms with Crippen LogP contribution in [0.25, 0.3) is 0 Å². The first kappa shape index (κ1) is 11.7. The number of hydrogen-bond acceptors (Lipinski definition) is 3. The van der Waals surface area contributed by atoms with Crippen LogP contribution in [0.2, 0.25) is 0 Å². The van der Waals surface area contributed by atoms with Crippen molar-refractivity contribution in [3.63, 3.8) is 0 Å². The molecular weight excluding hydrogens is 178 g/mol.